The van der Waals surface area contributed by atoms with Crippen LogP contribution in [0.4, 0.5) is 5.69 Å². The zero-order chi connectivity index (χ0) is 16.2. The van der Waals surface area contributed by atoms with Crippen LogP contribution in [0, 0.1) is 12.8 Å². The van der Waals surface area contributed by atoms with Gasteiger partial charge in [0, 0.05) is 6.54 Å². The van der Waals surface area contributed by atoms with Crippen molar-refractivity contribution in [1.29, 1.82) is 0 Å². The number of carbonyl (C=O) groups excluding carboxylic acids is 1. The highest BCUT2D eigenvalue weighted by Gasteiger charge is 2.23. The Hall–Kier alpha value is -1.60. The van der Waals surface area contributed by atoms with Crippen LogP contribution in [0.5, 0.6) is 0 Å². The third-order valence-electron chi connectivity index (χ3n) is 2.86. The fourth-order valence-corrected chi connectivity index (χ4v) is 3.04. The average Bonchev–Trinajstić information content (AvgIpc) is 2.34. The lowest BCUT2D eigenvalue weighted by Crippen LogP contribution is -2.45. The van der Waals surface area contributed by atoms with Crippen molar-refractivity contribution >= 4 is 21.6 Å². The molecule has 118 valence electrons. The molecule has 0 aliphatic rings. The summed E-state index contributed by atoms with van der Waals surface area (Å²) in [5.74, 6) is -0.0662. The van der Waals surface area contributed by atoms with E-state index in [0.29, 0.717) is 12.5 Å². The molecule has 6 nitrogen and oxygen atoms in total. The van der Waals surface area contributed by atoms with Crippen molar-refractivity contribution in [2.24, 2.45) is 5.92 Å². The number of carbonyl (C=O) groups is 1. The molecule has 1 amide bonds. The first-order valence-corrected chi connectivity index (χ1v) is 8.28. The van der Waals surface area contributed by atoms with Crippen LogP contribution >= 0.6 is 0 Å². The Balaban J connectivity index is 2.82. The molecule has 1 aromatic rings. The maximum atomic E-state index is 12.2. The van der Waals surface area contributed by atoms with Gasteiger partial charge in [0.05, 0.1) is 11.7 Å². The second-order valence-corrected chi connectivity index (χ2v) is 7.21. The highest BCUT2D eigenvalue weighted by Crippen LogP contribution is 2.19. The zero-order valence-electron chi connectivity index (χ0n) is 12.8. The lowest BCUT2D eigenvalue weighted by atomic mass is 10.2. The van der Waals surface area contributed by atoms with Crippen LogP contribution in [0.2, 0.25) is 0 Å². The number of nitrogens with one attached hydrogen (secondary N) is 2. The van der Waals surface area contributed by atoms with Crippen LogP contribution < -0.4 is 15.8 Å². The molecule has 7 heteroatoms. The summed E-state index contributed by atoms with van der Waals surface area (Å²) in [6, 6.07) is 3.81. The summed E-state index contributed by atoms with van der Waals surface area (Å²) in [5, 5.41) is 2.68. The number of hydrogen-bond acceptors (Lipinski definition) is 4. The molecule has 0 saturated carbocycles. The molecule has 0 spiro atoms. The number of rotatable bonds is 6. The summed E-state index contributed by atoms with van der Waals surface area (Å²) in [6.07, 6.45) is 0. The standard InChI is InChI=1S/C14H23N3O3S/c1-9(2)8-16-14(18)11(4)17-21(19,20)13-6-5-10(3)7-12(13)15/h5-7,9,11,17H,8,15H2,1-4H3,(H,16,18). The van der Waals surface area contributed by atoms with E-state index in [0.717, 1.165) is 5.56 Å². The molecule has 0 bridgehead atoms. The van der Waals surface area contributed by atoms with E-state index in [2.05, 4.69) is 10.0 Å². The van der Waals surface area contributed by atoms with Crippen molar-refractivity contribution in [3.05, 3.63) is 23.8 Å². The number of aryl methyl sites for hydroxylation is 1. The molecule has 21 heavy (non-hydrogen) atoms. The lowest BCUT2D eigenvalue weighted by molar-refractivity contribution is -0.122. The number of sulfonamides is 1. The number of amides is 1. The van der Waals surface area contributed by atoms with Gasteiger partial charge in [0.25, 0.3) is 0 Å². The number of nitrogen functional groups attached to an aromatic ring is 1. The van der Waals surface area contributed by atoms with Crippen molar-refractivity contribution in [2.45, 2.75) is 38.6 Å². The van der Waals surface area contributed by atoms with E-state index < -0.39 is 16.1 Å². The fraction of sp³-hybridized carbons (Fsp3) is 0.500. The number of anilines is 1. The van der Waals surface area contributed by atoms with Gasteiger partial charge in [0.2, 0.25) is 15.9 Å². The van der Waals surface area contributed by atoms with Gasteiger partial charge in [-0.2, -0.15) is 4.72 Å². The molecule has 1 rings (SSSR count). The molecule has 0 aliphatic carbocycles. The molecule has 1 atom stereocenters. The predicted molar refractivity (Wildman–Crippen MR) is 83.2 cm³/mol. The molecular weight excluding hydrogens is 290 g/mol. The van der Waals surface area contributed by atoms with Crippen LogP contribution in [0.1, 0.15) is 26.3 Å². The summed E-state index contributed by atoms with van der Waals surface area (Å²) < 4.78 is 26.8. The Bertz CT molecular complexity index is 612. The second kappa shape index (κ2) is 6.91. The summed E-state index contributed by atoms with van der Waals surface area (Å²) >= 11 is 0. The van der Waals surface area contributed by atoms with Gasteiger partial charge in [0.1, 0.15) is 4.90 Å². The largest absolute Gasteiger partial charge is 0.398 e. The smallest absolute Gasteiger partial charge is 0.243 e. The van der Waals surface area contributed by atoms with Crippen molar-refractivity contribution in [3.63, 3.8) is 0 Å². The SMILES string of the molecule is Cc1ccc(S(=O)(=O)NC(C)C(=O)NCC(C)C)c(N)c1. The van der Waals surface area contributed by atoms with Crippen LogP contribution in [0.25, 0.3) is 0 Å². The molecule has 1 aromatic carbocycles. The maximum Gasteiger partial charge on any atom is 0.243 e. The van der Waals surface area contributed by atoms with Gasteiger partial charge in [0.15, 0.2) is 0 Å². The van der Waals surface area contributed by atoms with Crippen LogP contribution in [-0.4, -0.2) is 26.9 Å². The molecule has 0 fully saturated rings. The number of benzene rings is 1. The second-order valence-electron chi connectivity index (χ2n) is 5.52. The van der Waals surface area contributed by atoms with Gasteiger partial charge in [-0.3, -0.25) is 4.79 Å². The van der Waals surface area contributed by atoms with Crippen molar-refractivity contribution < 1.29 is 13.2 Å². The van der Waals surface area contributed by atoms with E-state index in [9.17, 15) is 13.2 Å². The Morgan fingerprint density at radius 3 is 2.43 bits per heavy atom. The minimum atomic E-state index is -3.83. The first-order valence-electron chi connectivity index (χ1n) is 6.79. The van der Waals surface area contributed by atoms with Gasteiger partial charge in [-0.1, -0.05) is 19.9 Å². The zero-order valence-corrected chi connectivity index (χ0v) is 13.6. The molecule has 0 saturated heterocycles. The van der Waals surface area contributed by atoms with Crippen molar-refractivity contribution in [1.82, 2.24) is 10.0 Å². The minimum Gasteiger partial charge on any atom is -0.398 e. The van der Waals surface area contributed by atoms with E-state index in [1.165, 1.54) is 13.0 Å². The average molecular weight is 313 g/mol. The number of hydrogen-bond donors (Lipinski definition) is 3. The highest BCUT2D eigenvalue weighted by atomic mass is 32.2. The normalized spacial score (nSPS) is 13.2. The lowest BCUT2D eigenvalue weighted by Gasteiger charge is -2.16. The Labute approximate surface area is 126 Å². The van der Waals surface area contributed by atoms with E-state index >= 15 is 0 Å². The summed E-state index contributed by atoms with van der Waals surface area (Å²) in [6.45, 7) is 7.74. The van der Waals surface area contributed by atoms with E-state index in [1.807, 2.05) is 20.8 Å². The summed E-state index contributed by atoms with van der Waals surface area (Å²) in [7, 11) is -3.83. The summed E-state index contributed by atoms with van der Waals surface area (Å²) in [5.41, 5.74) is 6.77. The molecule has 0 heterocycles. The summed E-state index contributed by atoms with van der Waals surface area (Å²) in [4.78, 5) is 11.8. The first-order chi connectivity index (χ1) is 9.63. The molecule has 0 aliphatic heterocycles. The van der Waals surface area contributed by atoms with E-state index in [1.54, 1.807) is 12.1 Å². The predicted octanol–water partition coefficient (Wildman–Crippen LogP) is 1.02. The highest BCUT2D eigenvalue weighted by molar-refractivity contribution is 7.89. The molecule has 1 unspecified atom stereocenters. The van der Waals surface area contributed by atoms with Crippen LogP contribution in [0.15, 0.2) is 23.1 Å². The van der Waals surface area contributed by atoms with Gasteiger partial charge in [-0.05, 0) is 37.5 Å². The van der Waals surface area contributed by atoms with Crippen LogP contribution in [0.3, 0.4) is 0 Å². The quantitative estimate of drug-likeness (QED) is 0.682. The minimum absolute atomic E-state index is 0.0170. The molecular formula is C14H23N3O3S. The molecule has 0 radical (unpaired) electrons. The third-order valence-corrected chi connectivity index (χ3v) is 4.48. The van der Waals surface area contributed by atoms with Gasteiger partial charge >= 0.3 is 0 Å². The van der Waals surface area contributed by atoms with Gasteiger partial charge in [-0.15, -0.1) is 0 Å². The monoisotopic (exact) mass is 313 g/mol. The van der Waals surface area contributed by atoms with Gasteiger partial charge < -0.3 is 11.1 Å². The molecule has 0 aromatic heterocycles. The first kappa shape index (κ1) is 17.5. The van der Waals surface area contributed by atoms with Gasteiger partial charge in [-0.25, -0.2) is 8.42 Å². The van der Waals surface area contributed by atoms with Crippen molar-refractivity contribution in [3.8, 4) is 0 Å². The topological polar surface area (TPSA) is 101 Å². The Kier molecular flexibility index (Phi) is 5.74. The Morgan fingerprint density at radius 1 is 1.29 bits per heavy atom. The van der Waals surface area contributed by atoms with Crippen molar-refractivity contribution in [2.75, 3.05) is 12.3 Å². The maximum absolute atomic E-state index is 12.2. The molecule has 4 N–H and O–H groups in total. The third kappa shape index (κ3) is 5.02. The fourth-order valence-electron chi connectivity index (χ4n) is 1.72. The van der Waals surface area contributed by atoms with E-state index in [-0.39, 0.29) is 16.5 Å². The number of nitrogens with two attached hydrogens (primary N) is 1. The van der Waals surface area contributed by atoms with E-state index in [4.69, 9.17) is 5.73 Å². The van der Waals surface area contributed by atoms with Crippen LogP contribution in [-0.2, 0) is 14.8 Å². The Morgan fingerprint density at radius 2 is 1.90 bits per heavy atom.